The van der Waals surface area contributed by atoms with E-state index in [-0.39, 0.29) is 11.3 Å². The molecule has 0 aliphatic heterocycles. The Morgan fingerprint density at radius 1 is 1.41 bits per heavy atom. The van der Waals surface area contributed by atoms with Crippen LogP contribution in [-0.4, -0.2) is 19.0 Å². The van der Waals surface area contributed by atoms with E-state index in [0.717, 1.165) is 18.8 Å². The summed E-state index contributed by atoms with van der Waals surface area (Å²) >= 11 is 0. The number of primary amides is 1. The highest BCUT2D eigenvalue weighted by molar-refractivity contribution is 5.80. The topological polar surface area (TPSA) is 55.1 Å². The van der Waals surface area contributed by atoms with Crippen LogP contribution in [0.2, 0.25) is 0 Å². The van der Waals surface area contributed by atoms with Gasteiger partial charge in [0.05, 0.1) is 0 Å². The molecular formula is C14H26N2O. The fraction of sp³-hybridized carbons (Fsp3) is 0.929. The van der Waals surface area contributed by atoms with Crippen LogP contribution in [0.15, 0.2) is 0 Å². The minimum atomic E-state index is -0.263. The van der Waals surface area contributed by atoms with Crippen molar-refractivity contribution in [1.29, 1.82) is 0 Å². The third-order valence-corrected chi connectivity index (χ3v) is 5.19. The molecule has 17 heavy (non-hydrogen) atoms. The second-order valence-corrected chi connectivity index (χ2v) is 6.41. The van der Waals surface area contributed by atoms with Crippen molar-refractivity contribution in [2.24, 2.45) is 28.9 Å². The summed E-state index contributed by atoms with van der Waals surface area (Å²) in [5, 5.41) is 3.48. The first kappa shape index (κ1) is 12.9. The van der Waals surface area contributed by atoms with E-state index < -0.39 is 0 Å². The summed E-state index contributed by atoms with van der Waals surface area (Å²) in [6.07, 6.45) is 5.77. The molecule has 2 bridgehead atoms. The Balaban J connectivity index is 2.18. The number of fused-ring (bicyclic) bond motifs is 2. The average molecular weight is 238 g/mol. The van der Waals surface area contributed by atoms with E-state index in [1.807, 2.05) is 0 Å². The van der Waals surface area contributed by atoms with Gasteiger partial charge in [0.2, 0.25) is 5.91 Å². The van der Waals surface area contributed by atoms with Gasteiger partial charge in [0.15, 0.2) is 0 Å². The molecule has 2 aliphatic rings. The molecule has 0 spiro atoms. The lowest BCUT2D eigenvalue weighted by Crippen LogP contribution is -2.53. The minimum absolute atomic E-state index is 0.1000. The van der Waals surface area contributed by atoms with Crippen LogP contribution in [0.1, 0.15) is 46.0 Å². The average Bonchev–Trinajstić information content (AvgIpc) is 2.27. The second kappa shape index (κ2) is 4.60. The summed E-state index contributed by atoms with van der Waals surface area (Å²) in [6.45, 7) is 4.34. The SMILES string of the molecule is CCC1CC2CC(CC(C)(C(N)=O)C2)C1NC. The molecule has 5 atom stereocenters. The standard InChI is InChI=1S/C14H26N2O/c1-4-10-5-9-6-11(12(10)16-3)8-14(2,7-9)13(15)17/h9-12,16H,4-8H2,1-3H3,(H2,15,17). The lowest BCUT2D eigenvalue weighted by molar-refractivity contribution is -0.132. The minimum Gasteiger partial charge on any atom is -0.369 e. The van der Waals surface area contributed by atoms with Gasteiger partial charge in [-0.2, -0.15) is 0 Å². The van der Waals surface area contributed by atoms with Gasteiger partial charge in [-0.25, -0.2) is 0 Å². The quantitative estimate of drug-likeness (QED) is 0.789. The molecule has 2 rings (SSSR count). The number of nitrogens with one attached hydrogen (secondary N) is 1. The number of hydrogen-bond donors (Lipinski definition) is 2. The van der Waals surface area contributed by atoms with Crippen molar-refractivity contribution in [2.45, 2.75) is 52.0 Å². The number of carbonyl (C=O) groups is 1. The molecule has 3 heteroatoms. The summed E-state index contributed by atoms with van der Waals surface area (Å²) in [5.41, 5.74) is 5.34. The number of nitrogens with two attached hydrogens (primary N) is 1. The molecule has 0 radical (unpaired) electrons. The van der Waals surface area contributed by atoms with Gasteiger partial charge in [-0.05, 0) is 50.5 Å². The van der Waals surface area contributed by atoms with Gasteiger partial charge in [0.25, 0.3) is 0 Å². The first-order valence-corrected chi connectivity index (χ1v) is 6.97. The summed E-state index contributed by atoms with van der Waals surface area (Å²) in [6, 6.07) is 0.579. The van der Waals surface area contributed by atoms with Crippen LogP contribution in [0.25, 0.3) is 0 Å². The highest BCUT2D eigenvalue weighted by Crippen LogP contribution is 2.50. The molecule has 2 saturated carbocycles. The molecule has 0 aromatic heterocycles. The van der Waals surface area contributed by atoms with Crippen LogP contribution in [-0.2, 0) is 4.79 Å². The van der Waals surface area contributed by atoms with Gasteiger partial charge >= 0.3 is 0 Å². The number of hydrogen-bond acceptors (Lipinski definition) is 2. The summed E-state index contributed by atoms with van der Waals surface area (Å²) in [5.74, 6) is 2.02. The molecule has 2 fully saturated rings. The zero-order chi connectivity index (χ0) is 12.6. The van der Waals surface area contributed by atoms with E-state index in [1.165, 1.54) is 19.3 Å². The highest BCUT2D eigenvalue weighted by Gasteiger charge is 2.48. The molecule has 0 aromatic rings. The molecular weight excluding hydrogens is 212 g/mol. The van der Waals surface area contributed by atoms with E-state index in [0.29, 0.717) is 17.9 Å². The van der Waals surface area contributed by atoms with Crippen LogP contribution in [0, 0.1) is 23.2 Å². The number of rotatable bonds is 3. The molecule has 5 unspecified atom stereocenters. The van der Waals surface area contributed by atoms with Crippen LogP contribution < -0.4 is 11.1 Å². The molecule has 2 aliphatic carbocycles. The van der Waals surface area contributed by atoms with Gasteiger partial charge in [-0.3, -0.25) is 4.79 Å². The Hall–Kier alpha value is -0.570. The predicted octanol–water partition coefficient (Wildman–Crippen LogP) is 1.91. The summed E-state index contributed by atoms with van der Waals surface area (Å²) in [4.78, 5) is 11.7. The maximum atomic E-state index is 11.7. The van der Waals surface area contributed by atoms with Gasteiger partial charge in [0, 0.05) is 11.5 Å². The van der Waals surface area contributed by atoms with Crippen molar-refractivity contribution in [2.75, 3.05) is 7.05 Å². The van der Waals surface area contributed by atoms with Crippen molar-refractivity contribution >= 4 is 5.91 Å². The first-order chi connectivity index (χ1) is 8.00. The third-order valence-electron chi connectivity index (χ3n) is 5.19. The molecule has 98 valence electrons. The van der Waals surface area contributed by atoms with Gasteiger partial charge in [-0.15, -0.1) is 0 Å². The van der Waals surface area contributed by atoms with Crippen molar-refractivity contribution < 1.29 is 4.79 Å². The van der Waals surface area contributed by atoms with E-state index >= 15 is 0 Å². The van der Waals surface area contributed by atoms with Crippen LogP contribution in [0.3, 0.4) is 0 Å². The molecule has 1 amide bonds. The highest BCUT2D eigenvalue weighted by atomic mass is 16.1. The maximum Gasteiger partial charge on any atom is 0.223 e. The van der Waals surface area contributed by atoms with E-state index in [2.05, 4.69) is 26.2 Å². The molecule has 0 aromatic carbocycles. The zero-order valence-electron chi connectivity index (χ0n) is 11.3. The Morgan fingerprint density at radius 2 is 2.12 bits per heavy atom. The first-order valence-electron chi connectivity index (χ1n) is 6.97. The lowest BCUT2D eigenvalue weighted by Gasteiger charge is -2.50. The van der Waals surface area contributed by atoms with Crippen molar-refractivity contribution in [3.63, 3.8) is 0 Å². The Morgan fingerprint density at radius 3 is 2.65 bits per heavy atom. The predicted molar refractivity (Wildman–Crippen MR) is 69.4 cm³/mol. The van der Waals surface area contributed by atoms with Crippen LogP contribution in [0.5, 0.6) is 0 Å². The molecule has 3 N–H and O–H groups in total. The van der Waals surface area contributed by atoms with Crippen LogP contribution in [0.4, 0.5) is 0 Å². The van der Waals surface area contributed by atoms with Gasteiger partial charge in [0.1, 0.15) is 0 Å². The Labute approximate surface area is 105 Å². The van der Waals surface area contributed by atoms with Gasteiger partial charge in [-0.1, -0.05) is 20.3 Å². The Kier molecular flexibility index (Phi) is 3.48. The van der Waals surface area contributed by atoms with Crippen molar-refractivity contribution in [3.8, 4) is 0 Å². The van der Waals surface area contributed by atoms with Gasteiger partial charge < -0.3 is 11.1 Å². The van der Waals surface area contributed by atoms with E-state index in [4.69, 9.17) is 5.73 Å². The molecule has 0 saturated heterocycles. The lowest BCUT2D eigenvalue weighted by atomic mass is 9.57. The summed E-state index contributed by atoms with van der Waals surface area (Å²) in [7, 11) is 2.06. The van der Waals surface area contributed by atoms with E-state index in [9.17, 15) is 4.79 Å². The monoisotopic (exact) mass is 238 g/mol. The van der Waals surface area contributed by atoms with Crippen molar-refractivity contribution in [1.82, 2.24) is 5.32 Å². The fourth-order valence-electron chi connectivity index (χ4n) is 4.40. The maximum absolute atomic E-state index is 11.7. The Bertz CT molecular complexity index is 305. The molecule has 0 heterocycles. The van der Waals surface area contributed by atoms with E-state index in [1.54, 1.807) is 0 Å². The smallest absolute Gasteiger partial charge is 0.223 e. The number of carbonyl (C=O) groups excluding carboxylic acids is 1. The summed E-state index contributed by atoms with van der Waals surface area (Å²) < 4.78 is 0. The van der Waals surface area contributed by atoms with Crippen molar-refractivity contribution in [3.05, 3.63) is 0 Å². The molecule has 3 nitrogen and oxygen atoms in total. The number of amides is 1. The normalized spacial score (nSPS) is 45.6. The van der Waals surface area contributed by atoms with Crippen LogP contribution >= 0.6 is 0 Å². The second-order valence-electron chi connectivity index (χ2n) is 6.41. The third kappa shape index (κ3) is 2.22. The zero-order valence-corrected chi connectivity index (χ0v) is 11.3. The fourth-order valence-corrected chi connectivity index (χ4v) is 4.40. The largest absolute Gasteiger partial charge is 0.369 e.